The number of hydrogen-bond acceptors (Lipinski definition) is 2. The molecule has 4 heteroatoms. The van der Waals surface area contributed by atoms with Crippen molar-refractivity contribution in [2.24, 2.45) is 5.73 Å². The van der Waals surface area contributed by atoms with E-state index in [1.165, 1.54) is 6.07 Å². The molecule has 88 valence electrons. The van der Waals surface area contributed by atoms with Crippen molar-refractivity contribution in [1.29, 1.82) is 0 Å². The summed E-state index contributed by atoms with van der Waals surface area (Å²) in [5.74, 6) is -0.196. The molecule has 0 aromatic heterocycles. The van der Waals surface area contributed by atoms with Gasteiger partial charge in [-0.2, -0.15) is 0 Å². The molecule has 16 heavy (non-hydrogen) atoms. The molecule has 0 unspecified atom stereocenters. The van der Waals surface area contributed by atoms with E-state index in [1.54, 1.807) is 6.07 Å². The fourth-order valence-electron chi connectivity index (χ4n) is 1.58. The Kier molecular flexibility index (Phi) is 4.83. The molecule has 0 heterocycles. The molecule has 1 aromatic carbocycles. The van der Waals surface area contributed by atoms with E-state index >= 15 is 0 Å². The summed E-state index contributed by atoms with van der Waals surface area (Å²) in [6.45, 7) is 6.18. The van der Waals surface area contributed by atoms with Gasteiger partial charge in [0.1, 0.15) is 5.82 Å². The van der Waals surface area contributed by atoms with E-state index in [-0.39, 0.29) is 5.82 Å². The van der Waals surface area contributed by atoms with Gasteiger partial charge in [-0.05, 0) is 36.7 Å². The minimum absolute atomic E-state index is 0.196. The fraction of sp³-hybridized carbons (Fsp3) is 0.417. The van der Waals surface area contributed by atoms with Crippen molar-refractivity contribution in [2.45, 2.75) is 20.4 Å². The quantitative estimate of drug-likeness (QED) is 0.800. The largest absolute Gasteiger partial charge is 0.392 e. The molecule has 0 aliphatic carbocycles. The Labute approximate surface area is 101 Å². The average Bonchev–Trinajstić information content (AvgIpc) is 2.20. The Morgan fingerprint density at radius 1 is 1.50 bits per heavy atom. The Hall–Kier alpha value is -1.00. The normalized spacial score (nSPS) is 10.8. The van der Waals surface area contributed by atoms with Gasteiger partial charge >= 0.3 is 0 Å². The number of halogens is 1. The van der Waals surface area contributed by atoms with Crippen molar-refractivity contribution in [2.75, 3.05) is 13.1 Å². The highest BCUT2D eigenvalue weighted by molar-refractivity contribution is 7.80. The van der Waals surface area contributed by atoms with Gasteiger partial charge in [0.15, 0.2) is 0 Å². The van der Waals surface area contributed by atoms with Crippen molar-refractivity contribution < 1.29 is 4.39 Å². The Morgan fingerprint density at radius 3 is 2.69 bits per heavy atom. The summed E-state index contributed by atoms with van der Waals surface area (Å²) in [7, 11) is 0. The zero-order chi connectivity index (χ0) is 12.1. The molecule has 1 aromatic rings. The molecule has 0 spiro atoms. The summed E-state index contributed by atoms with van der Waals surface area (Å²) in [5.41, 5.74) is 7.58. The first-order chi connectivity index (χ1) is 7.52. The van der Waals surface area contributed by atoms with Gasteiger partial charge in [0.2, 0.25) is 0 Å². The summed E-state index contributed by atoms with van der Waals surface area (Å²) in [4.78, 5) is 2.62. The molecule has 0 saturated carbocycles. The molecule has 2 N–H and O–H groups in total. The molecule has 0 amide bonds. The van der Waals surface area contributed by atoms with Gasteiger partial charge in [-0.15, -0.1) is 0 Å². The van der Waals surface area contributed by atoms with Crippen LogP contribution in [0.2, 0.25) is 0 Å². The number of aryl methyl sites for hydroxylation is 1. The highest BCUT2D eigenvalue weighted by atomic mass is 32.1. The first-order valence-electron chi connectivity index (χ1n) is 5.28. The molecular weight excluding hydrogens is 223 g/mol. The molecule has 0 atom stereocenters. The van der Waals surface area contributed by atoms with Gasteiger partial charge in [0.05, 0.1) is 4.99 Å². The maximum absolute atomic E-state index is 12.9. The van der Waals surface area contributed by atoms with Gasteiger partial charge in [-0.3, -0.25) is 4.90 Å². The maximum Gasteiger partial charge on any atom is 0.123 e. The van der Waals surface area contributed by atoms with Crippen LogP contribution in [0.15, 0.2) is 18.2 Å². The van der Waals surface area contributed by atoms with Crippen LogP contribution in [0.1, 0.15) is 18.1 Å². The second-order valence-corrected chi connectivity index (χ2v) is 4.36. The van der Waals surface area contributed by atoms with Crippen molar-refractivity contribution in [3.05, 3.63) is 35.1 Å². The molecule has 2 nitrogen and oxygen atoms in total. The summed E-state index contributed by atoms with van der Waals surface area (Å²) in [6, 6.07) is 4.84. The molecule has 0 aliphatic heterocycles. The van der Waals surface area contributed by atoms with Gasteiger partial charge in [-0.25, -0.2) is 4.39 Å². The Morgan fingerprint density at radius 2 is 2.19 bits per heavy atom. The molecule has 0 radical (unpaired) electrons. The lowest BCUT2D eigenvalue weighted by atomic mass is 10.1. The topological polar surface area (TPSA) is 29.3 Å². The van der Waals surface area contributed by atoms with E-state index < -0.39 is 0 Å². The first-order valence-corrected chi connectivity index (χ1v) is 5.69. The number of likely N-dealkylation sites (N-methyl/N-ethyl adjacent to an activating group) is 1. The summed E-state index contributed by atoms with van der Waals surface area (Å²) in [5, 5.41) is 0. The van der Waals surface area contributed by atoms with Gasteiger partial charge in [0.25, 0.3) is 0 Å². The number of benzene rings is 1. The third-order valence-electron chi connectivity index (χ3n) is 2.53. The zero-order valence-corrected chi connectivity index (χ0v) is 10.5. The van der Waals surface area contributed by atoms with E-state index in [1.807, 2.05) is 13.0 Å². The monoisotopic (exact) mass is 240 g/mol. The van der Waals surface area contributed by atoms with Crippen LogP contribution in [0, 0.1) is 12.7 Å². The van der Waals surface area contributed by atoms with Gasteiger partial charge < -0.3 is 5.73 Å². The second-order valence-electron chi connectivity index (χ2n) is 3.84. The van der Waals surface area contributed by atoms with E-state index in [9.17, 15) is 4.39 Å². The van der Waals surface area contributed by atoms with Crippen LogP contribution in [0.4, 0.5) is 4.39 Å². The third kappa shape index (κ3) is 3.87. The van der Waals surface area contributed by atoms with Crippen LogP contribution in [-0.4, -0.2) is 23.0 Å². The lowest BCUT2D eigenvalue weighted by molar-refractivity contribution is 0.320. The molecular formula is C12H17FN2S. The van der Waals surface area contributed by atoms with E-state index in [0.29, 0.717) is 11.5 Å². The number of hydrogen-bond donors (Lipinski definition) is 1. The zero-order valence-electron chi connectivity index (χ0n) is 9.66. The number of nitrogens with two attached hydrogens (primary N) is 1. The van der Waals surface area contributed by atoms with Crippen molar-refractivity contribution in [3.8, 4) is 0 Å². The minimum atomic E-state index is -0.196. The molecule has 0 aliphatic rings. The van der Waals surface area contributed by atoms with Crippen LogP contribution >= 0.6 is 12.2 Å². The number of nitrogens with zero attached hydrogens (tertiary/aromatic N) is 1. The van der Waals surface area contributed by atoms with Gasteiger partial charge in [-0.1, -0.05) is 25.2 Å². The average molecular weight is 240 g/mol. The second kappa shape index (κ2) is 5.92. The van der Waals surface area contributed by atoms with Crippen LogP contribution < -0.4 is 5.73 Å². The smallest absolute Gasteiger partial charge is 0.123 e. The van der Waals surface area contributed by atoms with E-state index in [2.05, 4.69) is 11.8 Å². The van der Waals surface area contributed by atoms with Crippen molar-refractivity contribution in [3.63, 3.8) is 0 Å². The third-order valence-corrected chi connectivity index (χ3v) is 2.65. The minimum Gasteiger partial charge on any atom is -0.392 e. The molecule has 1 rings (SSSR count). The highest BCUT2D eigenvalue weighted by Gasteiger charge is 2.07. The summed E-state index contributed by atoms with van der Waals surface area (Å²) < 4.78 is 12.9. The molecule has 0 bridgehead atoms. The molecule has 0 saturated heterocycles. The standard InChI is InChI=1S/C12H17FN2S/c1-3-15(8-12(14)16)7-10-4-5-11(13)6-9(10)2/h4-6H,3,7-8H2,1-2H3,(H2,14,16). The summed E-state index contributed by atoms with van der Waals surface area (Å²) >= 11 is 4.88. The van der Waals surface area contributed by atoms with Crippen LogP contribution in [0.5, 0.6) is 0 Å². The van der Waals surface area contributed by atoms with E-state index in [4.69, 9.17) is 18.0 Å². The summed E-state index contributed by atoms with van der Waals surface area (Å²) in [6.07, 6.45) is 0. The van der Waals surface area contributed by atoms with Crippen molar-refractivity contribution in [1.82, 2.24) is 4.90 Å². The Bertz CT molecular complexity index is 379. The van der Waals surface area contributed by atoms with Crippen LogP contribution in [0.3, 0.4) is 0 Å². The van der Waals surface area contributed by atoms with Crippen LogP contribution in [-0.2, 0) is 6.54 Å². The highest BCUT2D eigenvalue weighted by Crippen LogP contribution is 2.12. The SMILES string of the molecule is CCN(CC(N)=S)Cc1ccc(F)cc1C. The predicted octanol–water partition coefficient (Wildman–Crippen LogP) is 2.24. The fourth-order valence-corrected chi connectivity index (χ4v) is 1.76. The van der Waals surface area contributed by atoms with Crippen LogP contribution in [0.25, 0.3) is 0 Å². The Balaban J connectivity index is 2.73. The lowest BCUT2D eigenvalue weighted by Crippen LogP contribution is -2.32. The number of thiocarbonyl (C=S) groups is 1. The van der Waals surface area contributed by atoms with Crippen molar-refractivity contribution >= 4 is 17.2 Å². The van der Waals surface area contributed by atoms with Gasteiger partial charge in [0, 0.05) is 13.1 Å². The van der Waals surface area contributed by atoms with E-state index in [0.717, 1.165) is 24.2 Å². The predicted molar refractivity (Wildman–Crippen MR) is 68.9 cm³/mol. The number of rotatable bonds is 5. The lowest BCUT2D eigenvalue weighted by Gasteiger charge is -2.20. The maximum atomic E-state index is 12.9. The molecule has 0 fully saturated rings. The first kappa shape index (κ1) is 13.1.